The van der Waals surface area contributed by atoms with Crippen LogP contribution in [0, 0.1) is 5.92 Å². The van der Waals surface area contributed by atoms with Gasteiger partial charge in [0.25, 0.3) is 0 Å². The van der Waals surface area contributed by atoms with Crippen molar-refractivity contribution in [1.29, 1.82) is 0 Å². The number of rotatable bonds is 2. The fraction of sp³-hybridized carbons (Fsp3) is 0.438. The summed E-state index contributed by atoms with van der Waals surface area (Å²) in [5.74, 6) is 0.803. The molecule has 2 N–H and O–H groups in total. The zero-order valence-corrected chi connectivity index (χ0v) is 11.5. The van der Waals surface area contributed by atoms with Gasteiger partial charge >= 0.3 is 0 Å². The third kappa shape index (κ3) is 2.25. The molecule has 1 unspecified atom stereocenters. The second kappa shape index (κ2) is 5.08. The quantitative estimate of drug-likeness (QED) is 0.836. The predicted octanol–water partition coefficient (Wildman–Crippen LogP) is 3.44. The van der Waals surface area contributed by atoms with Crippen LogP contribution in [-0.4, -0.2) is 18.1 Å². The Hall–Kier alpha value is -1.77. The number of aromatic nitrogens is 1. The molecule has 1 aliphatic heterocycles. The molecule has 3 nitrogen and oxygen atoms in total. The summed E-state index contributed by atoms with van der Waals surface area (Å²) in [4.78, 5) is 6.80. The smallest absolute Gasteiger partial charge is 0.0724 e. The van der Waals surface area contributed by atoms with Crippen molar-refractivity contribution in [3.8, 4) is 0 Å². The minimum absolute atomic E-state index is 0.803. The SMILES string of the molecule is CCC1CCCN(c2ccc3ncccc3c2N)C1. The lowest BCUT2D eigenvalue weighted by Gasteiger charge is -2.35. The Labute approximate surface area is 114 Å². The first-order valence-electron chi connectivity index (χ1n) is 7.17. The molecule has 0 spiro atoms. The van der Waals surface area contributed by atoms with Crippen molar-refractivity contribution in [3.05, 3.63) is 30.5 Å². The number of anilines is 2. The Kier molecular flexibility index (Phi) is 3.28. The number of nitrogens with two attached hydrogens (primary N) is 1. The zero-order valence-electron chi connectivity index (χ0n) is 11.5. The summed E-state index contributed by atoms with van der Waals surface area (Å²) in [5.41, 5.74) is 9.39. The topological polar surface area (TPSA) is 42.2 Å². The van der Waals surface area contributed by atoms with Crippen LogP contribution >= 0.6 is 0 Å². The number of fused-ring (bicyclic) bond motifs is 1. The molecular formula is C16H21N3. The zero-order chi connectivity index (χ0) is 13.2. The van der Waals surface area contributed by atoms with Gasteiger partial charge in [-0.1, -0.05) is 13.3 Å². The molecule has 19 heavy (non-hydrogen) atoms. The molecule has 1 fully saturated rings. The average Bonchev–Trinajstić information content (AvgIpc) is 2.48. The Morgan fingerprint density at radius 1 is 1.37 bits per heavy atom. The Morgan fingerprint density at radius 2 is 2.26 bits per heavy atom. The van der Waals surface area contributed by atoms with Crippen LogP contribution in [0.4, 0.5) is 11.4 Å². The monoisotopic (exact) mass is 255 g/mol. The first-order valence-corrected chi connectivity index (χ1v) is 7.17. The summed E-state index contributed by atoms with van der Waals surface area (Å²) in [5, 5.41) is 1.07. The van der Waals surface area contributed by atoms with E-state index in [0.717, 1.165) is 35.6 Å². The number of hydrogen-bond acceptors (Lipinski definition) is 3. The van der Waals surface area contributed by atoms with Gasteiger partial charge in [0.1, 0.15) is 0 Å². The van der Waals surface area contributed by atoms with Gasteiger partial charge in [0.05, 0.1) is 16.9 Å². The molecule has 0 bridgehead atoms. The van der Waals surface area contributed by atoms with Crippen LogP contribution in [0.5, 0.6) is 0 Å². The Bertz CT molecular complexity index is 579. The van der Waals surface area contributed by atoms with Crippen LogP contribution in [0.15, 0.2) is 30.5 Å². The van der Waals surface area contributed by atoms with E-state index in [9.17, 15) is 0 Å². The summed E-state index contributed by atoms with van der Waals surface area (Å²) >= 11 is 0. The van der Waals surface area contributed by atoms with Crippen molar-refractivity contribution in [3.63, 3.8) is 0 Å². The third-order valence-electron chi connectivity index (χ3n) is 4.24. The maximum Gasteiger partial charge on any atom is 0.0724 e. The van der Waals surface area contributed by atoms with E-state index in [2.05, 4.69) is 35.0 Å². The molecular weight excluding hydrogens is 234 g/mol. The van der Waals surface area contributed by atoms with E-state index in [1.807, 2.05) is 12.3 Å². The van der Waals surface area contributed by atoms with E-state index >= 15 is 0 Å². The summed E-state index contributed by atoms with van der Waals surface area (Å²) in [7, 11) is 0. The lowest BCUT2D eigenvalue weighted by molar-refractivity contribution is 0.405. The number of nitrogen functional groups attached to an aromatic ring is 1. The van der Waals surface area contributed by atoms with Crippen molar-refractivity contribution in [2.24, 2.45) is 5.92 Å². The lowest BCUT2D eigenvalue weighted by atomic mass is 9.95. The standard InChI is InChI=1S/C16H21N3/c1-2-12-5-4-10-19(11-12)15-8-7-14-13(16(15)17)6-3-9-18-14/h3,6-9,12H,2,4-5,10-11,17H2,1H3. The Balaban J connectivity index is 1.98. The number of piperidine rings is 1. The van der Waals surface area contributed by atoms with Gasteiger partial charge in [0.15, 0.2) is 0 Å². The van der Waals surface area contributed by atoms with Crippen molar-refractivity contribution in [2.45, 2.75) is 26.2 Å². The molecule has 0 aliphatic carbocycles. The van der Waals surface area contributed by atoms with Crippen LogP contribution in [0.2, 0.25) is 0 Å². The first-order chi connectivity index (χ1) is 9.29. The minimum Gasteiger partial charge on any atom is -0.396 e. The minimum atomic E-state index is 0.803. The van der Waals surface area contributed by atoms with Crippen LogP contribution in [-0.2, 0) is 0 Å². The summed E-state index contributed by atoms with van der Waals surface area (Å²) in [6, 6.07) is 8.22. The number of hydrogen-bond donors (Lipinski definition) is 1. The summed E-state index contributed by atoms with van der Waals surface area (Å²) in [6.07, 6.45) is 5.69. The van der Waals surface area contributed by atoms with Crippen LogP contribution in [0.1, 0.15) is 26.2 Å². The van der Waals surface area contributed by atoms with Gasteiger partial charge in [-0.05, 0) is 43.0 Å². The average molecular weight is 255 g/mol. The molecule has 1 atom stereocenters. The van der Waals surface area contributed by atoms with Crippen LogP contribution in [0.25, 0.3) is 10.9 Å². The highest BCUT2D eigenvalue weighted by molar-refractivity contribution is 5.97. The number of benzene rings is 1. The van der Waals surface area contributed by atoms with E-state index in [4.69, 9.17) is 5.73 Å². The maximum atomic E-state index is 6.36. The summed E-state index contributed by atoms with van der Waals surface area (Å²) in [6.45, 7) is 4.53. The molecule has 1 aliphatic rings. The maximum absolute atomic E-state index is 6.36. The van der Waals surface area contributed by atoms with Crippen molar-refractivity contribution < 1.29 is 0 Å². The van der Waals surface area contributed by atoms with Gasteiger partial charge in [0.2, 0.25) is 0 Å². The van der Waals surface area contributed by atoms with Crippen molar-refractivity contribution in [2.75, 3.05) is 23.7 Å². The highest BCUT2D eigenvalue weighted by atomic mass is 15.1. The van der Waals surface area contributed by atoms with Crippen LogP contribution < -0.4 is 10.6 Å². The molecule has 1 aromatic carbocycles. The normalized spacial score (nSPS) is 19.8. The molecule has 3 rings (SSSR count). The Morgan fingerprint density at radius 3 is 3.11 bits per heavy atom. The molecule has 3 heteroatoms. The van der Waals surface area contributed by atoms with Crippen molar-refractivity contribution in [1.82, 2.24) is 4.98 Å². The van der Waals surface area contributed by atoms with E-state index in [1.165, 1.54) is 24.9 Å². The molecule has 100 valence electrons. The summed E-state index contributed by atoms with van der Waals surface area (Å²) < 4.78 is 0. The third-order valence-corrected chi connectivity index (χ3v) is 4.24. The predicted molar refractivity (Wildman–Crippen MR) is 81.4 cm³/mol. The molecule has 0 radical (unpaired) electrons. The van der Waals surface area contributed by atoms with E-state index in [1.54, 1.807) is 0 Å². The fourth-order valence-corrected chi connectivity index (χ4v) is 3.06. The molecule has 0 saturated carbocycles. The van der Waals surface area contributed by atoms with Gasteiger partial charge in [-0.3, -0.25) is 4.98 Å². The number of nitrogens with zero attached hydrogens (tertiary/aromatic N) is 2. The van der Waals surface area contributed by atoms with Gasteiger partial charge in [-0.2, -0.15) is 0 Å². The highest BCUT2D eigenvalue weighted by Gasteiger charge is 2.20. The van der Waals surface area contributed by atoms with Gasteiger partial charge in [-0.15, -0.1) is 0 Å². The van der Waals surface area contributed by atoms with E-state index < -0.39 is 0 Å². The van der Waals surface area contributed by atoms with Crippen molar-refractivity contribution >= 4 is 22.3 Å². The second-order valence-electron chi connectivity index (χ2n) is 5.43. The highest BCUT2D eigenvalue weighted by Crippen LogP contribution is 2.33. The van der Waals surface area contributed by atoms with Gasteiger partial charge in [0, 0.05) is 24.7 Å². The first kappa shape index (κ1) is 12.3. The van der Waals surface area contributed by atoms with Gasteiger partial charge in [-0.25, -0.2) is 0 Å². The van der Waals surface area contributed by atoms with E-state index in [0.29, 0.717) is 0 Å². The van der Waals surface area contributed by atoms with E-state index in [-0.39, 0.29) is 0 Å². The molecule has 1 saturated heterocycles. The largest absolute Gasteiger partial charge is 0.396 e. The van der Waals surface area contributed by atoms with Gasteiger partial charge < -0.3 is 10.6 Å². The molecule has 2 heterocycles. The molecule has 1 aromatic heterocycles. The second-order valence-corrected chi connectivity index (χ2v) is 5.43. The molecule has 2 aromatic rings. The van der Waals surface area contributed by atoms with Crippen LogP contribution in [0.3, 0.4) is 0 Å². The number of pyridine rings is 1. The lowest BCUT2D eigenvalue weighted by Crippen LogP contribution is -2.35. The molecule has 0 amide bonds. The fourth-order valence-electron chi connectivity index (χ4n) is 3.06.